The summed E-state index contributed by atoms with van der Waals surface area (Å²) < 4.78 is 5.52. The van der Waals surface area contributed by atoms with Gasteiger partial charge in [-0.25, -0.2) is 4.79 Å². The minimum atomic E-state index is -0.618. The van der Waals surface area contributed by atoms with Crippen LogP contribution in [-0.2, 0) is 9.53 Å². The third-order valence-corrected chi connectivity index (χ3v) is 5.15. The molecule has 1 atom stereocenters. The Morgan fingerprint density at radius 2 is 1.64 bits per heavy atom. The van der Waals surface area contributed by atoms with Gasteiger partial charge in [-0.2, -0.15) is 0 Å². The molecular weight excluding hydrogens is 354 g/mol. The van der Waals surface area contributed by atoms with Crippen LogP contribution in [0.15, 0.2) is 48.5 Å². The van der Waals surface area contributed by atoms with E-state index in [0.717, 1.165) is 24.0 Å². The van der Waals surface area contributed by atoms with Crippen LogP contribution in [0.5, 0.6) is 0 Å². The fraction of sp³-hybridized carbons (Fsp3) is 0.364. The van der Waals surface area contributed by atoms with E-state index in [1.54, 1.807) is 7.05 Å². The number of fused-ring (bicyclic) bond motifs is 3. The largest absolute Gasteiger partial charge is 0.449 e. The first-order valence-corrected chi connectivity index (χ1v) is 9.69. The van der Waals surface area contributed by atoms with Crippen LogP contribution in [0.1, 0.15) is 36.3 Å². The van der Waals surface area contributed by atoms with E-state index in [9.17, 15) is 9.59 Å². The Bertz CT molecular complexity index is 792. The maximum Gasteiger partial charge on any atom is 0.407 e. The lowest BCUT2D eigenvalue weighted by Gasteiger charge is -2.19. The zero-order chi connectivity index (χ0) is 19.9. The highest BCUT2D eigenvalue weighted by Gasteiger charge is 2.29. The van der Waals surface area contributed by atoms with Crippen molar-refractivity contribution in [1.29, 1.82) is 0 Å². The fourth-order valence-electron chi connectivity index (χ4n) is 3.72. The number of amides is 2. The van der Waals surface area contributed by atoms with E-state index >= 15 is 0 Å². The number of benzene rings is 2. The second kappa shape index (κ2) is 9.37. The zero-order valence-corrected chi connectivity index (χ0v) is 16.1. The average molecular weight is 381 g/mol. The Kier molecular flexibility index (Phi) is 6.66. The lowest BCUT2D eigenvalue weighted by Crippen LogP contribution is -2.46. The molecule has 2 aromatic rings. The van der Waals surface area contributed by atoms with Crippen molar-refractivity contribution in [3.05, 3.63) is 59.7 Å². The van der Waals surface area contributed by atoms with Crippen LogP contribution in [0.3, 0.4) is 0 Å². The highest BCUT2D eigenvalue weighted by molar-refractivity contribution is 5.85. The van der Waals surface area contributed by atoms with Gasteiger partial charge in [0.25, 0.3) is 0 Å². The molecule has 0 radical (unpaired) electrons. The zero-order valence-electron chi connectivity index (χ0n) is 16.1. The Hall–Kier alpha value is -2.86. The molecule has 0 bridgehead atoms. The van der Waals surface area contributed by atoms with Crippen LogP contribution in [0, 0.1) is 0 Å². The summed E-state index contributed by atoms with van der Waals surface area (Å²) in [6, 6.07) is 15.7. The van der Waals surface area contributed by atoms with E-state index in [4.69, 9.17) is 10.5 Å². The standard InChI is InChI=1S/C22H27N3O3/c1-24-21(26)20(12-6-7-13-23)25-22(27)28-14-19-17-10-4-2-8-15(17)16-9-3-5-11-18(16)19/h2-5,8-11,19-20H,6-7,12-14,23H2,1H3,(H,24,26)(H,25,27)/t20-/m0/s1. The molecule has 148 valence electrons. The molecule has 0 saturated heterocycles. The number of nitrogens with two attached hydrogens (primary N) is 1. The Morgan fingerprint density at radius 3 is 2.21 bits per heavy atom. The Morgan fingerprint density at radius 1 is 1.04 bits per heavy atom. The van der Waals surface area contributed by atoms with Gasteiger partial charge >= 0.3 is 6.09 Å². The highest BCUT2D eigenvalue weighted by Crippen LogP contribution is 2.44. The SMILES string of the molecule is CNC(=O)[C@H](CCCCN)NC(=O)OCC1c2ccccc2-c2ccccc21. The molecule has 0 fully saturated rings. The summed E-state index contributed by atoms with van der Waals surface area (Å²) in [6.45, 7) is 0.786. The van der Waals surface area contributed by atoms with Crippen LogP contribution in [0.25, 0.3) is 11.1 Å². The van der Waals surface area contributed by atoms with Gasteiger partial charge in [0.05, 0.1) is 0 Å². The van der Waals surface area contributed by atoms with Crippen LogP contribution in [-0.4, -0.2) is 38.2 Å². The first-order chi connectivity index (χ1) is 13.7. The number of hydrogen-bond acceptors (Lipinski definition) is 4. The number of alkyl carbamates (subject to hydrolysis) is 1. The molecule has 0 saturated carbocycles. The first-order valence-electron chi connectivity index (χ1n) is 9.69. The van der Waals surface area contributed by atoms with Gasteiger partial charge in [0.2, 0.25) is 5.91 Å². The van der Waals surface area contributed by atoms with Crippen molar-refractivity contribution in [3.8, 4) is 11.1 Å². The van der Waals surface area contributed by atoms with Crippen molar-refractivity contribution in [2.45, 2.75) is 31.2 Å². The molecule has 0 spiro atoms. The number of unbranched alkanes of at least 4 members (excludes halogenated alkanes) is 1. The number of carbonyl (C=O) groups is 2. The second-order valence-electron chi connectivity index (χ2n) is 6.92. The van der Waals surface area contributed by atoms with Gasteiger partial charge in [-0.15, -0.1) is 0 Å². The van der Waals surface area contributed by atoms with Crippen molar-refractivity contribution < 1.29 is 14.3 Å². The smallest absolute Gasteiger partial charge is 0.407 e. The van der Waals surface area contributed by atoms with Crippen LogP contribution in [0.2, 0.25) is 0 Å². The van der Waals surface area contributed by atoms with Crippen molar-refractivity contribution in [2.75, 3.05) is 20.2 Å². The third kappa shape index (κ3) is 4.34. The number of hydrogen-bond donors (Lipinski definition) is 3. The molecular formula is C22H27N3O3. The van der Waals surface area contributed by atoms with Gasteiger partial charge in [0.15, 0.2) is 0 Å². The first kappa shape index (κ1) is 19.9. The van der Waals surface area contributed by atoms with Crippen molar-refractivity contribution >= 4 is 12.0 Å². The molecule has 6 nitrogen and oxygen atoms in total. The lowest BCUT2D eigenvalue weighted by molar-refractivity contribution is -0.122. The summed E-state index contributed by atoms with van der Waals surface area (Å²) in [6.07, 6.45) is 1.52. The van der Waals surface area contributed by atoms with E-state index < -0.39 is 12.1 Å². The minimum Gasteiger partial charge on any atom is -0.449 e. The normalized spacial score (nSPS) is 13.4. The maximum atomic E-state index is 12.3. The number of nitrogens with one attached hydrogen (secondary N) is 2. The summed E-state index contributed by atoms with van der Waals surface area (Å²) in [5.74, 6) is -0.237. The molecule has 6 heteroatoms. The van der Waals surface area contributed by atoms with E-state index in [2.05, 4.69) is 34.9 Å². The number of ether oxygens (including phenoxy) is 1. The maximum absolute atomic E-state index is 12.3. The third-order valence-electron chi connectivity index (χ3n) is 5.15. The van der Waals surface area contributed by atoms with Crippen molar-refractivity contribution in [3.63, 3.8) is 0 Å². The predicted molar refractivity (Wildman–Crippen MR) is 109 cm³/mol. The highest BCUT2D eigenvalue weighted by atomic mass is 16.5. The molecule has 28 heavy (non-hydrogen) atoms. The molecule has 0 aliphatic heterocycles. The lowest BCUT2D eigenvalue weighted by atomic mass is 9.98. The van der Waals surface area contributed by atoms with Gasteiger partial charge in [-0.05, 0) is 48.1 Å². The average Bonchev–Trinajstić information content (AvgIpc) is 3.05. The summed E-state index contributed by atoms with van der Waals surface area (Å²) in [7, 11) is 1.55. The quantitative estimate of drug-likeness (QED) is 0.613. The Labute approximate surface area is 165 Å². The van der Waals surface area contributed by atoms with E-state index in [0.29, 0.717) is 13.0 Å². The van der Waals surface area contributed by atoms with Gasteiger partial charge in [-0.3, -0.25) is 4.79 Å². The molecule has 0 unspecified atom stereocenters. The van der Waals surface area contributed by atoms with E-state index in [-0.39, 0.29) is 18.4 Å². The molecule has 2 aromatic carbocycles. The van der Waals surface area contributed by atoms with Crippen molar-refractivity contribution in [1.82, 2.24) is 10.6 Å². The van der Waals surface area contributed by atoms with Crippen molar-refractivity contribution in [2.24, 2.45) is 5.73 Å². The number of rotatable bonds is 8. The monoisotopic (exact) mass is 381 g/mol. The number of carbonyl (C=O) groups excluding carboxylic acids is 2. The molecule has 0 aromatic heterocycles. The number of likely N-dealkylation sites (N-methyl/N-ethyl adjacent to an activating group) is 1. The summed E-state index contributed by atoms with van der Waals surface area (Å²) in [5, 5.41) is 5.26. The van der Waals surface area contributed by atoms with E-state index in [1.807, 2.05) is 24.3 Å². The second-order valence-corrected chi connectivity index (χ2v) is 6.92. The molecule has 0 heterocycles. The fourth-order valence-corrected chi connectivity index (χ4v) is 3.72. The molecule has 3 rings (SSSR count). The van der Waals surface area contributed by atoms with Gasteiger partial charge in [-0.1, -0.05) is 48.5 Å². The van der Waals surface area contributed by atoms with Crippen LogP contribution < -0.4 is 16.4 Å². The topological polar surface area (TPSA) is 93.5 Å². The predicted octanol–water partition coefficient (Wildman–Crippen LogP) is 2.77. The van der Waals surface area contributed by atoms with Crippen LogP contribution >= 0.6 is 0 Å². The van der Waals surface area contributed by atoms with Gasteiger partial charge in [0, 0.05) is 13.0 Å². The van der Waals surface area contributed by atoms with Gasteiger partial charge in [0.1, 0.15) is 12.6 Å². The molecule has 4 N–H and O–H groups in total. The summed E-state index contributed by atoms with van der Waals surface area (Å²) in [4.78, 5) is 24.4. The van der Waals surface area contributed by atoms with Crippen LogP contribution in [0.4, 0.5) is 4.79 Å². The minimum absolute atomic E-state index is 0.00570. The van der Waals surface area contributed by atoms with Gasteiger partial charge < -0.3 is 21.1 Å². The Balaban J connectivity index is 1.64. The molecule has 1 aliphatic carbocycles. The summed E-state index contributed by atoms with van der Waals surface area (Å²) in [5.41, 5.74) is 10.2. The summed E-state index contributed by atoms with van der Waals surface area (Å²) >= 11 is 0. The van der Waals surface area contributed by atoms with E-state index in [1.165, 1.54) is 11.1 Å². The molecule has 2 amide bonds. The molecule has 1 aliphatic rings.